The van der Waals surface area contributed by atoms with Crippen LogP contribution in [0.25, 0.3) is 0 Å². The number of nitrogens with one attached hydrogen (secondary N) is 1. The van der Waals surface area contributed by atoms with Crippen LogP contribution >= 0.6 is 46.7 Å². The first kappa shape index (κ1) is 10.7. The molecule has 1 N–H and O–H groups in total. The molecule has 0 saturated carbocycles. The van der Waals surface area contributed by atoms with Crippen LogP contribution in [0.4, 0.5) is 5.00 Å². The molecule has 15 heavy (non-hydrogen) atoms. The number of rotatable bonds is 3. The highest BCUT2D eigenvalue weighted by molar-refractivity contribution is 8.02. The fourth-order valence-corrected chi connectivity index (χ4v) is 3.78. The van der Waals surface area contributed by atoms with Gasteiger partial charge in [-0.05, 0) is 35.3 Å². The van der Waals surface area contributed by atoms with Crippen molar-refractivity contribution in [3.05, 3.63) is 20.3 Å². The highest BCUT2D eigenvalue weighted by Crippen LogP contribution is 2.34. The number of hydrogen-bond donors (Lipinski definition) is 1. The first-order chi connectivity index (χ1) is 7.15. The highest BCUT2D eigenvalue weighted by Gasteiger charge is 2.13. The molecule has 78 valence electrons. The van der Waals surface area contributed by atoms with Crippen molar-refractivity contribution in [1.29, 1.82) is 0 Å². The first-order valence-electron chi connectivity index (χ1n) is 3.49. The number of thiazole rings is 1. The van der Waals surface area contributed by atoms with Crippen molar-refractivity contribution in [2.75, 3.05) is 0 Å². The van der Waals surface area contributed by atoms with Crippen molar-refractivity contribution >= 4 is 51.7 Å². The van der Waals surface area contributed by atoms with Gasteiger partial charge in [0.25, 0.3) is 0 Å². The molecule has 0 atom stereocenters. The van der Waals surface area contributed by atoms with E-state index < -0.39 is 4.92 Å². The van der Waals surface area contributed by atoms with Crippen molar-refractivity contribution < 1.29 is 4.92 Å². The van der Waals surface area contributed by atoms with Crippen molar-refractivity contribution in [3.8, 4) is 0 Å². The second-order valence-electron chi connectivity index (χ2n) is 2.20. The van der Waals surface area contributed by atoms with Gasteiger partial charge in [-0.1, -0.05) is 11.3 Å². The summed E-state index contributed by atoms with van der Waals surface area (Å²) >= 11 is 8.44. The molecule has 6 nitrogen and oxygen atoms in total. The molecule has 0 aliphatic rings. The Morgan fingerprint density at radius 2 is 2.33 bits per heavy atom. The lowest BCUT2D eigenvalue weighted by Crippen LogP contribution is -1.80. The van der Waals surface area contributed by atoms with Crippen LogP contribution in [-0.4, -0.2) is 20.1 Å². The van der Waals surface area contributed by atoms with Gasteiger partial charge in [0.1, 0.15) is 6.20 Å². The third-order valence-electron chi connectivity index (χ3n) is 1.25. The summed E-state index contributed by atoms with van der Waals surface area (Å²) in [5.74, 6) is 0. The predicted octanol–water partition coefficient (Wildman–Crippen LogP) is 2.72. The molecular formula is C5H2N4O2S4. The average Bonchev–Trinajstić information content (AvgIpc) is 2.76. The Balaban J connectivity index is 2.17. The van der Waals surface area contributed by atoms with Crippen LogP contribution in [0.2, 0.25) is 0 Å². The monoisotopic (exact) mass is 278 g/mol. The molecule has 2 heterocycles. The van der Waals surface area contributed by atoms with Crippen LogP contribution in [0, 0.1) is 14.1 Å². The van der Waals surface area contributed by atoms with Crippen molar-refractivity contribution in [2.24, 2.45) is 0 Å². The second-order valence-corrected chi connectivity index (χ2v) is 6.37. The van der Waals surface area contributed by atoms with Gasteiger partial charge in [0.15, 0.2) is 12.6 Å². The maximum Gasteiger partial charge on any atom is 0.344 e. The minimum Gasteiger partial charge on any atom is -0.257 e. The molecule has 2 rings (SSSR count). The summed E-state index contributed by atoms with van der Waals surface area (Å²) in [6, 6.07) is 0. The van der Waals surface area contributed by atoms with Crippen LogP contribution in [0.1, 0.15) is 0 Å². The molecule has 2 aromatic rings. The molecule has 0 saturated heterocycles. The summed E-state index contributed by atoms with van der Waals surface area (Å²) in [5, 5.41) is 17.0. The summed E-state index contributed by atoms with van der Waals surface area (Å²) in [7, 11) is 0. The Morgan fingerprint density at radius 3 is 2.87 bits per heavy atom. The van der Waals surface area contributed by atoms with Crippen LogP contribution in [0.15, 0.2) is 14.9 Å². The molecule has 0 fully saturated rings. The van der Waals surface area contributed by atoms with Crippen molar-refractivity contribution in [3.63, 3.8) is 0 Å². The van der Waals surface area contributed by atoms with Gasteiger partial charge in [-0.3, -0.25) is 15.2 Å². The Morgan fingerprint density at radius 1 is 1.53 bits per heavy atom. The average molecular weight is 278 g/mol. The van der Waals surface area contributed by atoms with E-state index >= 15 is 0 Å². The predicted molar refractivity (Wildman–Crippen MR) is 60.2 cm³/mol. The fraction of sp³-hybridized carbons (Fsp3) is 0. The molecule has 0 aliphatic carbocycles. The van der Waals surface area contributed by atoms with Gasteiger partial charge in [0.05, 0.1) is 4.92 Å². The minimum absolute atomic E-state index is 0.0247. The third-order valence-corrected chi connectivity index (χ3v) is 4.42. The van der Waals surface area contributed by atoms with Crippen LogP contribution < -0.4 is 0 Å². The maximum atomic E-state index is 10.4. The van der Waals surface area contributed by atoms with Gasteiger partial charge >= 0.3 is 5.00 Å². The number of aromatic nitrogens is 3. The van der Waals surface area contributed by atoms with Crippen LogP contribution in [0.3, 0.4) is 0 Å². The van der Waals surface area contributed by atoms with Gasteiger partial charge in [-0.25, -0.2) is 4.98 Å². The summed E-state index contributed by atoms with van der Waals surface area (Å²) in [6.07, 6.45) is 1.24. The van der Waals surface area contributed by atoms with Crippen molar-refractivity contribution in [1.82, 2.24) is 15.2 Å². The van der Waals surface area contributed by atoms with Gasteiger partial charge in [-0.2, -0.15) is 5.10 Å². The van der Waals surface area contributed by atoms with E-state index in [1.165, 1.54) is 29.3 Å². The summed E-state index contributed by atoms with van der Waals surface area (Å²) in [5.41, 5.74) is 0. The molecule has 0 aromatic carbocycles. The van der Waals surface area contributed by atoms with Gasteiger partial charge in [-0.15, -0.1) is 0 Å². The Hall–Kier alpha value is -0.840. The quantitative estimate of drug-likeness (QED) is 0.528. The molecule has 2 aromatic heterocycles. The van der Waals surface area contributed by atoms with Gasteiger partial charge in [0.2, 0.25) is 0 Å². The normalized spacial score (nSPS) is 10.4. The Kier molecular flexibility index (Phi) is 3.09. The maximum absolute atomic E-state index is 10.4. The van der Waals surface area contributed by atoms with E-state index in [2.05, 4.69) is 15.2 Å². The van der Waals surface area contributed by atoms with E-state index in [1.54, 1.807) is 0 Å². The van der Waals surface area contributed by atoms with Crippen LogP contribution in [0.5, 0.6) is 0 Å². The first-order valence-corrected chi connectivity index (χ1v) is 6.34. The van der Waals surface area contributed by atoms with Crippen molar-refractivity contribution in [2.45, 2.75) is 8.68 Å². The number of aromatic amines is 1. The zero-order valence-electron chi connectivity index (χ0n) is 6.87. The Bertz CT molecular complexity index is 543. The lowest BCUT2D eigenvalue weighted by molar-refractivity contribution is -0.380. The minimum atomic E-state index is -0.464. The lowest BCUT2D eigenvalue weighted by Gasteiger charge is -1.85. The molecular weight excluding hydrogens is 276 g/mol. The molecule has 0 amide bonds. The lowest BCUT2D eigenvalue weighted by atomic mass is 10.9. The van der Waals surface area contributed by atoms with E-state index in [0.717, 1.165) is 11.3 Å². The third kappa shape index (κ3) is 2.59. The SMILES string of the molecule is O=[N+]([O-])c1cnc(Sc2n[nH]c(=S)s2)s1. The number of hydrogen-bond acceptors (Lipinski definition) is 8. The zero-order chi connectivity index (χ0) is 10.8. The van der Waals surface area contributed by atoms with Gasteiger partial charge in [0, 0.05) is 0 Å². The zero-order valence-corrected chi connectivity index (χ0v) is 10.1. The largest absolute Gasteiger partial charge is 0.344 e. The highest BCUT2D eigenvalue weighted by atomic mass is 32.2. The fourth-order valence-electron chi connectivity index (χ4n) is 0.716. The topological polar surface area (TPSA) is 84.7 Å². The van der Waals surface area contributed by atoms with E-state index in [9.17, 15) is 10.1 Å². The molecule has 10 heteroatoms. The second kappa shape index (κ2) is 4.35. The molecule has 0 aliphatic heterocycles. The van der Waals surface area contributed by atoms with Crippen LogP contribution in [-0.2, 0) is 0 Å². The number of H-pyrrole nitrogens is 1. The number of nitro groups is 1. The van der Waals surface area contributed by atoms with Gasteiger partial charge < -0.3 is 0 Å². The van der Waals surface area contributed by atoms with E-state index in [-0.39, 0.29) is 5.00 Å². The molecule has 0 spiro atoms. The standard InChI is InChI=1S/C5H2N4O2S4/c10-9(11)2-1-6-4(13-2)15-5-8-7-3(12)14-5/h1H,(H,7,12). The Labute approximate surface area is 101 Å². The van der Waals surface area contributed by atoms with E-state index in [1.807, 2.05) is 0 Å². The molecule has 0 radical (unpaired) electrons. The molecule has 0 unspecified atom stereocenters. The summed E-state index contributed by atoms with van der Waals surface area (Å²) in [6.45, 7) is 0. The smallest absolute Gasteiger partial charge is 0.257 e. The number of nitrogens with zero attached hydrogens (tertiary/aromatic N) is 3. The van der Waals surface area contributed by atoms with E-state index in [0.29, 0.717) is 12.6 Å². The summed E-state index contributed by atoms with van der Waals surface area (Å²) in [4.78, 5) is 13.8. The van der Waals surface area contributed by atoms with E-state index in [4.69, 9.17) is 12.2 Å². The molecule has 0 bridgehead atoms. The summed E-state index contributed by atoms with van der Waals surface area (Å²) < 4.78 is 1.85.